The number of Topliss-reactive ketones (excluding diaryl/α,β-unsaturated/α-hetero) is 1. The Balaban J connectivity index is 1.90. The van der Waals surface area contributed by atoms with E-state index in [1.54, 1.807) is 0 Å². The first-order chi connectivity index (χ1) is 10.1. The van der Waals surface area contributed by atoms with E-state index in [9.17, 15) is 9.59 Å². The smallest absolute Gasteiger partial charge is 0.229 e. The highest BCUT2D eigenvalue weighted by Crippen LogP contribution is 2.39. The molecule has 1 aliphatic rings. The van der Waals surface area contributed by atoms with Crippen LogP contribution in [-0.4, -0.2) is 16.7 Å². The molecular weight excluding hydrogens is 284 g/mol. The van der Waals surface area contributed by atoms with E-state index in [2.05, 4.69) is 17.2 Å². The zero-order valence-corrected chi connectivity index (χ0v) is 12.7. The van der Waals surface area contributed by atoms with Crippen molar-refractivity contribution in [2.45, 2.75) is 20.3 Å². The maximum absolute atomic E-state index is 12.0. The minimum Gasteiger partial charge on any atom is -0.302 e. The molecule has 0 aliphatic heterocycles. The lowest BCUT2D eigenvalue weighted by atomic mass is 10.1. The van der Waals surface area contributed by atoms with Crippen LogP contribution >= 0.6 is 11.3 Å². The average Bonchev–Trinajstić information content (AvgIpc) is 3.05. The summed E-state index contributed by atoms with van der Waals surface area (Å²) < 4.78 is 0. The predicted molar refractivity (Wildman–Crippen MR) is 83.5 cm³/mol. The van der Waals surface area contributed by atoms with Gasteiger partial charge in [0.2, 0.25) is 5.91 Å². The van der Waals surface area contributed by atoms with Gasteiger partial charge in [-0.1, -0.05) is 48.6 Å². The van der Waals surface area contributed by atoms with Crippen molar-refractivity contribution in [2.75, 3.05) is 5.32 Å². The second kappa shape index (κ2) is 5.41. The highest BCUT2D eigenvalue weighted by atomic mass is 32.1. The van der Waals surface area contributed by atoms with E-state index < -0.39 is 0 Å². The largest absolute Gasteiger partial charge is 0.302 e. The Bertz CT molecular complexity index is 694. The normalized spacial score (nSPS) is 20.1. The van der Waals surface area contributed by atoms with Gasteiger partial charge in [-0.05, 0) is 12.3 Å². The van der Waals surface area contributed by atoms with Gasteiger partial charge in [-0.3, -0.25) is 9.59 Å². The van der Waals surface area contributed by atoms with Crippen LogP contribution in [-0.2, 0) is 4.79 Å². The van der Waals surface area contributed by atoms with E-state index in [0.717, 1.165) is 12.0 Å². The van der Waals surface area contributed by atoms with Crippen LogP contribution in [0, 0.1) is 11.8 Å². The molecule has 1 aliphatic carbocycles. The molecule has 0 bridgehead atoms. The molecule has 1 aromatic carbocycles. The van der Waals surface area contributed by atoms with E-state index in [1.165, 1.54) is 18.3 Å². The van der Waals surface area contributed by atoms with Gasteiger partial charge in [0.1, 0.15) is 0 Å². The molecule has 1 amide bonds. The molecule has 21 heavy (non-hydrogen) atoms. The van der Waals surface area contributed by atoms with Crippen LogP contribution in [0.4, 0.5) is 5.13 Å². The first-order valence-corrected chi connectivity index (χ1v) is 7.76. The Morgan fingerprint density at radius 2 is 1.95 bits per heavy atom. The summed E-state index contributed by atoms with van der Waals surface area (Å²) in [6.07, 6.45) is 0.933. The number of anilines is 1. The third-order valence-electron chi connectivity index (χ3n) is 3.67. The molecule has 2 aromatic rings. The molecule has 0 saturated heterocycles. The van der Waals surface area contributed by atoms with Crippen molar-refractivity contribution in [3.63, 3.8) is 0 Å². The van der Waals surface area contributed by atoms with E-state index in [4.69, 9.17) is 0 Å². The molecule has 0 radical (unpaired) electrons. The number of carbonyl (C=O) groups is 2. The topological polar surface area (TPSA) is 59.1 Å². The number of aromatic nitrogens is 1. The molecule has 5 heteroatoms. The van der Waals surface area contributed by atoms with Crippen molar-refractivity contribution in [1.29, 1.82) is 0 Å². The first kappa shape index (κ1) is 13.9. The van der Waals surface area contributed by atoms with Crippen molar-refractivity contribution in [2.24, 2.45) is 11.8 Å². The van der Waals surface area contributed by atoms with E-state index >= 15 is 0 Å². The number of amides is 1. The summed E-state index contributed by atoms with van der Waals surface area (Å²) >= 11 is 1.24. The summed E-state index contributed by atoms with van der Waals surface area (Å²) in [6, 6.07) is 9.55. The lowest BCUT2D eigenvalue weighted by molar-refractivity contribution is -0.117. The molecule has 108 valence electrons. The standard InChI is InChI=1S/C16H16N2O2S/c1-9-8-12(9)15(20)18-16-17-13(14(21-16)10(2)19)11-6-4-3-5-7-11/h3-7,9,12H,8H2,1-2H3,(H,17,18,20)/t9-,12-/m1/s1. The number of ketones is 1. The van der Waals surface area contributed by atoms with Crippen LogP contribution in [0.15, 0.2) is 30.3 Å². The number of hydrogen-bond acceptors (Lipinski definition) is 4. The maximum atomic E-state index is 12.0. The van der Waals surface area contributed by atoms with Gasteiger partial charge in [-0.2, -0.15) is 0 Å². The van der Waals surface area contributed by atoms with Gasteiger partial charge >= 0.3 is 0 Å². The molecule has 3 rings (SSSR count). The summed E-state index contributed by atoms with van der Waals surface area (Å²) in [5.41, 5.74) is 1.53. The van der Waals surface area contributed by atoms with Gasteiger partial charge in [0.15, 0.2) is 10.9 Å². The highest BCUT2D eigenvalue weighted by molar-refractivity contribution is 7.18. The molecule has 1 aromatic heterocycles. The zero-order valence-electron chi connectivity index (χ0n) is 11.9. The fourth-order valence-electron chi connectivity index (χ4n) is 2.29. The molecule has 1 heterocycles. The predicted octanol–water partition coefficient (Wildman–Crippen LogP) is 3.61. The number of thiazole rings is 1. The van der Waals surface area contributed by atoms with Gasteiger partial charge in [0, 0.05) is 18.4 Å². The molecule has 2 atom stereocenters. The van der Waals surface area contributed by atoms with E-state index in [0.29, 0.717) is 21.6 Å². The van der Waals surface area contributed by atoms with E-state index in [-0.39, 0.29) is 17.6 Å². The van der Waals surface area contributed by atoms with Gasteiger partial charge in [-0.25, -0.2) is 4.98 Å². The average molecular weight is 300 g/mol. The lowest BCUT2D eigenvalue weighted by Gasteiger charge is -1.99. The van der Waals surface area contributed by atoms with Crippen LogP contribution in [0.25, 0.3) is 11.3 Å². The summed E-state index contributed by atoms with van der Waals surface area (Å²) in [4.78, 5) is 28.8. The first-order valence-electron chi connectivity index (χ1n) is 6.94. The molecule has 1 N–H and O–H groups in total. The maximum Gasteiger partial charge on any atom is 0.229 e. The number of nitrogens with one attached hydrogen (secondary N) is 1. The summed E-state index contributed by atoms with van der Waals surface area (Å²) in [7, 11) is 0. The molecule has 0 unspecified atom stereocenters. The Morgan fingerprint density at radius 3 is 2.52 bits per heavy atom. The van der Waals surface area contributed by atoms with Crippen molar-refractivity contribution < 1.29 is 9.59 Å². The Labute approximate surface area is 127 Å². The molecule has 4 nitrogen and oxygen atoms in total. The number of hydrogen-bond donors (Lipinski definition) is 1. The Morgan fingerprint density at radius 1 is 1.29 bits per heavy atom. The summed E-state index contributed by atoms with van der Waals surface area (Å²) in [6.45, 7) is 3.58. The molecular formula is C16H16N2O2S. The van der Waals surface area contributed by atoms with Crippen LogP contribution in [0.5, 0.6) is 0 Å². The number of rotatable bonds is 4. The minimum atomic E-state index is -0.0355. The minimum absolute atomic E-state index is 0.00552. The fourth-order valence-corrected chi connectivity index (χ4v) is 3.18. The van der Waals surface area contributed by atoms with Crippen LogP contribution in [0.1, 0.15) is 29.9 Å². The van der Waals surface area contributed by atoms with Crippen molar-refractivity contribution in [3.05, 3.63) is 35.2 Å². The summed E-state index contributed by atoms with van der Waals surface area (Å²) in [5.74, 6) is 0.512. The third-order valence-corrected chi connectivity index (χ3v) is 4.74. The van der Waals surface area contributed by atoms with Gasteiger partial charge in [0.05, 0.1) is 10.6 Å². The Hall–Kier alpha value is -2.01. The zero-order chi connectivity index (χ0) is 15.0. The second-order valence-corrected chi connectivity index (χ2v) is 6.43. The van der Waals surface area contributed by atoms with E-state index in [1.807, 2.05) is 30.3 Å². The van der Waals surface area contributed by atoms with Crippen molar-refractivity contribution in [3.8, 4) is 11.3 Å². The summed E-state index contributed by atoms with van der Waals surface area (Å²) in [5, 5.41) is 3.34. The van der Waals surface area contributed by atoms with Crippen LogP contribution in [0.2, 0.25) is 0 Å². The Kier molecular flexibility index (Phi) is 3.59. The van der Waals surface area contributed by atoms with Crippen molar-refractivity contribution in [1.82, 2.24) is 4.98 Å². The van der Waals surface area contributed by atoms with Crippen LogP contribution in [0.3, 0.4) is 0 Å². The van der Waals surface area contributed by atoms with Gasteiger partial charge in [0.25, 0.3) is 0 Å². The SMILES string of the molecule is CC(=O)c1sc(NC(=O)[C@@H]2C[C@H]2C)nc1-c1ccccc1. The monoisotopic (exact) mass is 300 g/mol. The number of nitrogens with zero attached hydrogens (tertiary/aromatic N) is 1. The number of carbonyl (C=O) groups excluding carboxylic acids is 2. The third kappa shape index (κ3) is 2.88. The fraction of sp³-hybridized carbons (Fsp3) is 0.312. The second-order valence-electron chi connectivity index (χ2n) is 5.43. The quantitative estimate of drug-likeness (QED) is 0.878. The molecule has 1 fully saturated rings. The lowest BCUT2D eigenvalue weighted by Crippen LogP contribution is -2.14. The van der Waals surface area contributed by atoms with Gasteiger partial charge < -0.3 is 5.32 Å². The highest BCUT2D eigenvalue weighted by Gasteiger charge is 2.39. The molecule has 0 spiro atoms. The van der Waals surface area contributed by atoms with Gasteiger partial charge in [-0.15, -0.1) is 0 Å². The number of benzene rings is 1. The van der Waals surface area contributed by atoms with Crippen molar-refractivity contribution >= 4 is 28.2 Å². The van der Waals surface area contributed by atoms with Crippen LogP contribution < -0.4 is 5.32 Å². The molecule has 1 saturated carbocycles.